The third-order valence-electron chi connectivity index (χ3n) is 5.37. The monoisotopic (exact) mass is 461 g/mol. The Bertz CT molecular complexity index is 895. The molecule has 2 amide bonds. The van der Waals surface area contributed by atoms with E-state index in [-0.39, 0.29) is 29.7 Å². The predicted octanol–water partition coefficient (Wildman–Crippen LogP) is 3.53. The van der Waals surface area contributed by atoms with Crippen LogP contribution in [0.1, 0.15) is 48.9 Å². The number of para-hydroxylation sites is 1. The lowest BCUT2D eigenvalue weighted by Crippen LogP contribution is -2.33. The molecular weight excluding hydrogens is 434 g/mol. The van der Waals surface area contributed by atoms with Crippen molar-refractivity contribution in [3.63, 3.8) is 0 Å². The maximum absolute atomic E-state index is 12.6. The van der Waals surface area contributed by atoms with E-state index in [1.54, 1.807) is 18.2 Å². The molecule has 31 heavy (non-hydrogen) atoms. The molecule has 0 unspecified atom stereocenters. The van der Waals surface area contributed by atoms with E-state index in [1.807, 2.05) is 6.07 Å². The predicted molar refractivity (Wildman–Crippen MR) is 123 cm³/mol. The van der Waals surface area contributed by atoms with Crippen molar-refractivity contribution in [1.29, 1.82) is 0 Å². The van der Waals surface area contributed by atoms with E-state index in [9.17, 15) is 9.59 Å². The van der Waals surface area contributed by atoms with Crippen LogP contribution in [-0.4, -0.2) is 53.1 Å². The Morgan fingerprint density at radius 3 is 2.77 bits per heavy atom. The quantitative estimate of drug-likeness (QED) is 0.491. The van der Waals surface area contributed by atoms with E-state index < -0.39 is 0 Å². The van der Waals surface area contributed by atoms with Gasteiger partial charge in [0, 0.05) is 19.2 Å². The Balaban J connectivity index is 1.26. The van der Waals surface area contributed by atoms with Gasteiger partial charge in [-0.25, -0.2) is 0 Å². The van der Waals surface area contributed by atoms with Crippen LogP contribution < -0.4 is 16.0 Å². The second-order valence-corrected chi connectivity index (χ2v) is 9.93. The van der Waals surface area contributed by atoms with Gasteiger partial charge in [-0.1, -0.05) is 48.1 Å². The van der Waals surface area contributed by atoms with Gasteiger partial charge in [-0.15, -0.1) is 10.2 Å². The molecule has 2 aliphatic rings. The molecule has 1 saturated carbocycles. The van der Waals surface area contributed by atoms with Gasteiger partial charge in [-0.2, -0.15) is 0 Å². The highest BCUT2D eigenvalue weighted by Crippen LogP contribution is 2.26. The normalized spacial score (nSPS) is 18.8. The zero-order chi connectivity index (χ0) is 21.5. The van der Waals surface area contributed by atoms with Crippen molar-refractivity contribution in [2.75, 3.05) is 29.5 Å². The molecule has 166 valence electrons. The standard InChI is InChI=1S/C21H27N5O3S2/c27-18(13-30-21-26-25-20(31-21)22-12-15-8-5-11-29-15)24-17-10-4-3-9-16(17)19(28)23-14-6-1-2-7-14/h3-4,9-10,14-15H,1-2,5-8,11-13H2,(H,22,25)(H,23,28)(H,24,27)/t15-/m0/s1. The minimum Gasteiger partial charge on any atom is -0.376 e. The van der Waals surface area contributed by atoms with E-state index in [2.05, 4.69) is 26.1 Å². The number of hydrogen-bond acceptors (Lipinski definition) is 8. The molecular formula is C21H27N5O3S2. The number of nitrogens with zero attached hydrogens (tertiary/aromatic N) is 2. The molecule has 1 aliphatic heterocycles. The lowest BCUT2D eigenvalue weighted by atomic mass is 10.1. The summed E-state index contributed by atoms with van der Waals surface area (Å²) in [4.78, 5) is 25.1. The molecule has 10 heteroatoms. The first-order valence-electron chi connectivity index (χ1n) is 10.7. The van der Waals surface area contributed by atoms with Gasteiger partial charge in [0.25, 0.3) is 5.91 Å². The fraction of sp³-hybridized carbons (Fsp3) is 0.524. The Labute approximate surface area is 189 Å². The zero-order valence-corrected chi connectivity index (χ0v) is 18.9. The first kappa shape index (κ1) is 22.0. The Kier molecular flexibility index (Phi) is 7.76. The van der Waals surface area contributed by atoms with Crippen molar-refractivity contribution in [3.8, 4) is 0 Å². The molecule has 1 atom stereocenters. The summed E-state index contributed by atoms with van der Waals surface area (Å²) in [7, 11) is 0. The van der Waals surface area contributed by atoms with Crippen molar-refractivity contribution in [2.24, 2.45) is 0 Å². The second kappa shape index (κ2) is 10.9. The van der Waals surface area contributed by atoms with E-state index in [0.717, 1.165) is 61.1 Å². The molecule has 1 saturated heterocycles. The van der Waals surface area contributed by atoms with Crippen LogP contribution in [0.3, 0.4) is 0 Å². The lowest BCUT2D eigenvalue weighted by molar-refractivity contribution is -0.113. The SMILES string of the molecule is O=C(CSc1nnc(NC[C@@H]2CCCO2)s1)Nc1ccccc1C(=O)NC1CCCC1. The van der Waals surface area contributed by atoms with E-state index in [4.69, 9.17) is 4.74 Å². The number of ether oxygens (including phenoxy) is 1. The summed E-state index contributed by atoms with van der Waals surface area (Å²) in [6.45, 7) is 1.55. The summed E-state index contributed by atoms with van der Waals surface area (Å²) in [6.07, 6.45) is 6.73. The van der Waals surface area contributed by atoms with Crippen molar-refractivity contribution < 1.29 is 14.3 Å². The van der Waals surface area contributed by atoms with Crippen molar-refractivity contribution in [3.05, 3.63) is 29.8 Å². The lowest BCUT2D eigenvalue weighted by Gasteiger charge is -2.14. The van der Waals surface area contributed by atoms with Gasteiger partial charge in [0.2, 0.25) is 11.0 Å². The molecule has 0 spiro atoms. The van der Waals surface area contributed by atoms with Crippen LogP contribution in [0.5, 0.6) is 0 Å². The number of nitrogens with one attached hydrogen (secondary N) is 3. The summed E-state index contributed by atoms with van der Waals surface area (Å²) in [6, 6.07) is 7.34. The first-order chi connectivity index (χ1) is 15.2. The largest absolute Gasteiger partial charge is 0.376 e. The summed E-state index contributed by atoms with van der Waals surface area (Å²) in [5, 5.41) is 18.2. The average Bonchev–Trinajstić information content (AvgIpc) is 3.54. The zero-order valence-electron chi connectivity index (χ0n) is 17.3. The molecule has 2 heterocycles. The molecule has 3 N–H and O–H groups in total. The number of carbonyl (C=O) groups is 2. The van der Waals surface area contributed by atoms with Crippen LogP contribution >= 0.6 is 23.1 Å². The highest BCUT2D eigenvalue weighted by molar-refractivity contribution is 8.01. The summed E-state index contributed by atoms with van der Waals surface area (Å²) in [5.41, 5.74) is 1.02. The minimum atomic E-state index is -0.185. The van der Waals surface area contributed by atoms with Crippen LogP contribution in [0.4, 0.5) is 10.8 Å². The average molecular weight is 462 g/mol. The maximum atomic E-state index is 12.6. The number of aromatic nitrogens is 2. The third kappa shape index (κ3) is 6.41. The van der Waals surface area contributed by atoms with Crippen LogP contribution in [0.25, 0.3) is 0 Å². The summed E-state index contributed by atoms with van der Waals surface area (Å²) < 4.78 is 6.31. The van der Waals surface area contributed by atoms with Gasteiger partial charge < -0.3 is 20.7 Å². The number of carbonyl (C=O) groups excluding carboxylic acids is 2. The van der Waals surface area contributed by atoms with Crippen LogP contribution in [-0.2, 0) is 9.53 Å². The van der Waals surface area contributed by atoms with Crippen molar-refractivity contribution >= 4 is 45.7 Å². The van der Waals surface area contributed by atoms with Gasteiger partial charge in [0.1, 0.15) is 0 Å². The van der Waals surface area contributed by atoms with Crippen molar-refractivity contribution in [2.45, 2.75) is 55.0 Å². The molecule has 2 aromatic rings. The topological polar surface area (TPSA) is 105 Å². The highest BCUT2D eigenvalue weighted by Gasteiger charge is 2.20. The molecule has 0 radical (unpaired) electrons. The smallest absolute Gasteiger partial charge is 0.253 e. The molecule has 1 aromatic carbocycles. The van der Waals surface area contributed by atoms with Crippen LogP contribution in [0.2, 0.25) is 0 Å². The number of thioether (sulfide) groups is 1. The third-order valence-corrected chi connectivity index (χ3v) is 7.39. The van der Waals surface area contributed by atoms with Crippen molar-refractivity contribution in [1.82, 2.24) is 15.5 Å². The number of rotatable bonds is 9. The Hall–Kier alpha value is -2.17. The molecule has 1 aliphatic carbocycles. The van der Waals surface area contributed by atoms with E-state index in [1.165, 1.54) is 23.1 Å². The molecule has 2 fully saturated rings. The highest BCUT2D eigenvalue weighted by atomic mass is 32.2. The fourth-order valence-corrected chi connectivity index (χ4v) is 5.34. The van der Waals surface area contributed by atoms with Gasteiger partial charge in [-0.3, -0.25) is 9.59 Å². The molecule has 1 aromatic heterocycles. The maximum Gasteiger partial charge on any atom is 0.253 e. The number of hydrogen-bond donors (Lipinski definition) is 3. The van der Waals surface area contributed by atoms with E-state index in [0.29, 0.717) is 11.3 Å². The number of amides is 2. The van der Waals surface area contributed by atoms with Gasteiger partial charge in [-0.05, 0) is 37.8 Å². The second-order valence-electron chi connectivity index (χ2n) is 7.73. The van der Waals surface area contributed by atoms with Gasteiger partial charge in [0.15, 0.2) is 4.34 Å². The van der Waals surface area contributed by atoms with E-state index >= 15 is 0 Å². The van der Waals surface area contributed by atoms with Gasteiger partial charge in [0.05, 0.1) is 23.1 Å². The molecule has 0 bridgehead atoms. The molecule has 8 nitrogen and oxygen atoms in total. The Morgan fingerprint density at radius 1 is 1.13 bits per heavy atom. The minimum absolute atomic E-state index is 0.137. The van der Waals surface area contributed by atoms with Gasteiger partial charge >= 0.3 is 0 Å². The summed E-state index contributed by atoms with van der Waals surface area (Å²) >= 11 is 2.75. The summed E-state index contributed by atoms with van der Waals surface area (Å²) in [5.74, 6) is -0.129. The molecule has 4 rings (SSSR count). The number of anilines is 2. The number of benzene rings is 1. The Morgan fingerprint density at radius 2 is 1.97 bits per heavy atom. The first-order valence-corrected chi connectivity index (χ1v) is 12.5. The van der Waals surface area contributed by atoms with Crippen LogP contribution in [0.15, 0.2) is 28.6 Å². The van der Waals surface area contributed by atoms with Crippen LogP contribution in [0, 0.1) is 0 Å². The fourth-order valence-electron chi connectivity index (χ4n) is 3.78.